The van der Waals surface area contributed by atoms with Crippen LogP contribution in [-0.2, 0) is 6.54 Å². The molecule has 0 spiro atoms. The average molecular weight is 371 g/mol. The second-order valence-corrected chi connectivity index (χ2v) is 7.48. The van der Waals surface area contributed by atoms with Gasteiger partial charge in [-0.25, -0.2) is 0 Å². The van der Waals surface area contributed by atoms with E-state index in [0.717, 1.165) is 29.8 Å². The van der Waals surface area contributed by atoms with E-state index in [0.29, 0.717) is 17.3 Å². The number of nitrogens with zero attached hydrogens (tertiary/aromatic N) is 5. The van der Waals surface area contributed by atoms with Crippen molar-refractivity contribution in [1.82, 2.24) is 19.7 Å². The molecule has 2 aromatic heterocycles. The summed E-state index contributed by atoms with van der Waals surface area (Å²) in [6, 6.07) is 16.6. The molecule has 0 radical (unpaired) electrons. The van der Waals surface area contributed by atoms with Gasteiger partial charge in [0.25, 0.3) is 0 Å². The van der Waals surface area contributed by atoms with Crippen LogP contribution in [0.2, 0.25) is 0 Å². The Kier molecular flexibility index (Phi) is 5.50. The van der Waals surface area contributed by atoms with Crippen molar-refractivity contribution in [2.75, 3.05) is 13.6 Å². The predicted octanol–water partition coefficient (Wildman–Crippen LogP) is 4.36. The Hall–Kier alpha value is -2.97. The van der Waals surface area contributed by atoms with Gasteiger partial charge in [-0.15, -0.1) is 0 Å². The molecule has 1 unspecified atom stereocenters. The highest BCUT2D eigenvalue weighted by atomic mass is 15.3. The molecule has 3 aromatic rings. The Morgan fingerprint density at radius 3 is 2.89 bits per heavy atom. The van der Waals surface area contributed by atoms with Crippen LogP contribution in [0.1, 0.15) is 31.2 Å². The van der Waals surface area contributed by atoms with Gasteiger partial charge in [0.15, 0.2) is 0 Å². The highest BCUT2D eigenvalue weighted by Gasteiger charge is 2.18. The number of nitriles is 1. The summed E-state index contributed by atoms with van der Waals surface area (Å²) in [6.07, 6.45) is 8.87. The van der Waals surface area contributed by atoms with Crippen LogP contribution < -0.4 is 0 Å². The molecule has 0 saturated carbocycles. The Balaban J connectivity index is 1.50. The van der Waals surface area contributed by atoms with E-state index in [1.165, 1.54) is 25.8 Å². The summed E-state index contributed by atoms with van der Waals surface area (Å²) in [5.41, 5.74) is 4.23. The van der Waals surface area contributed by atoms with Crippen LogP contribution in [0.25, 0.3) is 22.5 Å². The fraction of sp³-hybridized carbons (Fsp3) is 0.348. The number of rotatable bonds is 5. The topological polar surface area (TPSA) is 57.7 Å². The van der Waals surface area contributed by atoms with Gasteiger partial charge in [0.05, 0.1) is 17.0 Å². The zero-order valence-corrected chi connectivity index (χ0v) is 16.3. The van der Waals surface area contributed by atoms with Crippen LogP contribution in [0.15, 0.2) is 54.9 Å². The maximum atomic E-state index is 9.35. The second kappa shape index (κ2) is 8.37. The first kappa shape index (κ1) is 18.4. The first-order valence-electron chi connectivity index (χ1n) is 9.94. The van der Waals surface area contributed by atoms with E-state index in [1.807, 2.05) is 16.8 Å². The molecule has 142 valence electrons. The molecular weight excluding hydrogens is 346 g/mol. The van der Waals surface area contributed by atoms with Crippen molar-refractivity contribution in [3.63, 3.8) is 0 Å². The lowest BCUT2D eigenvalue weighted by atomic mass is 10.0. The maximum Gasteiger partial charge on any atom is 0.101 e. The molecule has 1 fully saturated rings. The average Bonchev–Trinajstić information content (AvgIpc) is 3.22. The molecule has 0 aliphatic carbocycles. The van der Waals surface area contributed by atoms with Crippen molar-refractivity contribution in [3.05, 3.63) is 60.4 Å². The largest absolute Gasteiger partial charge is 0.303 e. The SMILES string of the molecule is CN1CCCCC1CCn1ccc(-c2cccc(-c3ncccc3C#N)c2)n1. The molecule has 4 rings (SSSR count). The molecule has 0 amide bonds. The predicted molar refractivity (Wildman–Crippen MR) is 110 cm³/mol. The van der Waals surface area contributed by atoms with Crippen molar-refractivity contribution in [3.8, 4) is 28.6 Å². The van der Waals surface area contributed by atoms with E-state index in [9.17, 15) is 5.26 Å². The lowest BCUT2D eigenvalue weighted by molar-refractivity contribution is 0.169. The molecule has 28 heavy (non-hydrogen) atoms. The van der Waals surface area contributed by atoms with Crippen molar-refractivity contribution in [2.24, 2.45) is 0 Å². The van der Waals surface area contributed by atoms with Gasteiger partial charge in [0.2, 0.25) is 0 Å². The fourth-order valence-electron chi connectivity index (χ4n) is 3.98. The standard InChI is InChI=1S/C23H25N5/c1-27-13-3-2-9-21(27)10-14-28-15-11-22(26-28)18-6-4-7-19(16-18)23-20(17-24)8-5-12-25-23/h4-8,11-12,15-16,21H,2-3,9-10,13-14H2,1H3. The number of hydrogen-bond donors (Lipinski definition) is 0. The normalized spacial score (nSPS) is 17.4. The molecule has 3 heterocycles. The molecule has 5 nitrogen and oxygen atoms in total. The van der Waals surface area contributed by atoms with Gasteiger partial charge in [-0.3, -0.25) is 9.67 Å². The van der Waals surface area contributed by atoms with Crippen molar-refractivity contribution < 1.29 is 0 Å². The van der Waals surface area contributed by atoms with Gasteiger partial charge in [-0.05, 0) is 57.1 Å². The smallest absolute Gasteiger partial charge is 0.101 e. The highest BCUT2D eigenvalue weighted by molar-refractivity contribution is 5.72. The lowest BCUT2D eigenvalue weighted by Gasteiger charge is -2.32. The molecule has 1 aromatic carbocycles. The number of aromatic nitrogens is 3. The van der Waals surface area contributed by atoms with E-state index >= 15 is 0 Å². The summed E-state index contributed by atoms with van der Waals surface area (Å²) in [7, 11) is 2.23. The first-order chi connectivity index (χ1) is 13.7. The van der Waals surface area contributed by atoms with E-state index in [2.05, 4.69) is 47.4 Å². The van der Waals surface area contributed by atoms with E-state index in [-0.39, 0.29) is 0 Å². The van der Waals surface area contributed by atoms with Crippen LogP contribution in [0.4, 0.5) is 0 Å². The number of hydrogen-bond acceptors (Lipinski definition) is 4. The van der Waals surface area contributed by atoms with Gasteiger partial charge in [-0.2, -0.15) is 10.4 Å². The first-order valence-corrected chi connectivity index (χ1v) is 9.94. The van der Waals surface area contributed by atoms with Gasteiger partial charge in [0.1, 0.15) is 6.07 Å². The summed E-state index contributed by atoms with van der Waals surface area (Å²) >= 11 is 0. The molecule has 1 saturated heterocycles. The quantitative estimate of drug-likeness (QED) is 0.669. The van der Waals surface area contributed by atoms with Crippen LogP contribution in [0, 0.1) is 11.3 Å². The Bertz CT molecular complexity index is 984. The Labute approximate surface area is 166 Å². The van der Waals surface area contributed by atoms with Gasteiger partial charge < -0.3 is 4.90 Å². The molecule has 0 bridgehead atoms. The third-order valence-corrected chi connectivity index (χ3v) is 5.61. The number of benzene rings is 1. The van der Waals surface area contributed by atoms with Crippen LogP contribution in [0.3, 0.4) is 0 Å². The minimum absolute atomic E-state index is 0.585. The second-order valence-electron chi connectivity index (χ2n) is 7.48. The minimum atomic E-state index is 0.585. The van der Waals surface area contributed by atoms with Gasteiger partial charge >= 0.3 is 0 Å². The number of pyridine rings is 1. The summed E-state index contributed by atoms with van der Waals surface area (Å²) in [4.78, 5) is 6.88. The van der Waals surface area contributed by atoms with Crippen LogP contribution >= 0.6 is 0 Å². The van der Waals surface area contributed by atoms with Crippen LogP contribution in [-0.4, -0.2) is 39.3 Å². The van der Waals surface area contributed by atoms with Crippen molar-refractivity contribution >= 4 is 0 Å². The molecule has 1 aliphatic rings. The minimum Gasteiger partial charge on any atom is -0.303 e. The van der Waals surface area contributed by atoms with E-state index in [4.69, 9.17) is 5.10 Å². The maximum absolute atomic E-state index is 9.35. The monoisotopic (exact) mass is 371 g/mol. The number of aryl methyl sites for hydroxylation is 1. The van der Waals surface area contributed by atoms with Gasteiger partial charge in [0, 0.05) is 36.1 Å². The number of likely N-dealkylation sites (tertiary alicyclic amines) is 1. The van der Waals surface area contributed by atoms with E-state index in [1.54, 1.807) is 18.3 Å². The molecular formula is C23H25N5. The molecule has 1 atom stereocenters. The highest BCUT2D eigenvalue weighted by Crippen LogP contribution is 2.26. The lowest BCUT2D eigenvalue weighted by Crippen LogP contribution is -2.36. The van der Waals surface area contributed by atoms with Crippen molar-refractivity contribution in [2.45, 2.75) is 38.3 Å². The molecule has 5 heteroatoms. The summed E-state index contributed by atoms with van der Waals surface area (Å²) in [5, 5.41) is 14.1. The van der Waals surface area contributed by atoms with E-state index < -0.39 is 0 Å². The fourth-order valence-corrected chi connectivity index (χ4v) is 3.98. The zero-order chi connectivity index (χ0) is 19.3. The summed E-state index contributed by atoms with van der Waals surface area (Å²) in [6.45, 7) is 2.15. The molecule has 1 aliphatic heterocycles. The summed E-state index contributed by atoms with van der Waals surface area (Å²) < 4.78 is 2.05. The Morgan fingerprint density at radius 1 is 1.14 bits per heavy atom. The zero-order valence-electron chi connectivity index (χ0n) is 16.3. The summed E-state index contributed by atoms with van der Waals surface area (Å²) in [5.74, 6) is 0. The third-order valence-electron chi connectivity index (χ3n) is 5.61. The van der Waals surface area contributed by atoms with Crippen LogP contribution in [0.5, 0.6) is 0 Å². The van der Waals surface area contributed by atoms with Gasteiger partial charge in [-0.1, -0.05) is 24.6 Å². The third kappa shape index (κ3) is 3.97. The Morgan fingerprint density at radius 2 is 2.04 bits per heavy atom. The van der Waals surface area contributed by atoms with Crippen molar-refractivity contribution in [1.29, 1.82) is 5.26 Å². The number of piperidine rings is 1. The molecule has 0 N–H and O–H groups in total.